The molecule has 3 amide bonds. The molecule has 0 saturated heterocycles. The van der Waals surface area contributed by atoms with Crippen molar-refractivity contribution in [1.82, 2.24) is 5.32 Å². The summed E-state index contributed by atoms with van der Waals surface area (Å²) in [4.78, 5) is 38.0. The highest BCUT2D eigenvalue weighted by Crippen LogP contribution is 2.31. The lowest BCUT2D eigenvalue weighted by atomic mass is 10.1. The predicted molar refractivity (Wildman–Crippen MR) is 84.0 cm³/mol. The van der Waals surface area contributed by atoms with Gasteiger partial charge < -0.3 is 10.1 Å². The smallest absolute Gasteiger partial charge is 0.266 e. The first kappa shape index (κ1) is 14.8. The normalized spacial score (nSPS) is 13.0. The van der Waals surface area contributed by atoms with E-state index < -0.39 is 11.8 Å². The highest BCUT2D eigenvalue weighted by molar-refractivity contribution is 6.34. The van der Waals surface area contributed by atoms with Crippen LogP contribution >= 0.6 is 0 Å². The minimum atomic E-state index is -0.404. The number of ether oxygens (including phenoxy) is 1. The molecule has 2 aromatic carbocycles. The van der Waals surface area contributed by atoms with Crippen LogP contribution < -0.4 is 15.0 Å². The number of hydrogen-bond acceptors (Lipinski definition) is 4. The molecule has 116 valence electrons. The molecule has 6 heteroatoms. The van der Waals surface area contributed by atoms with E-state index in [2.05, 4.69) is 5.32 Å². The topological polar surface area (TPSA) is 75.7 Å². The molecule has 0 bridgehead atoms. The van der Waals surface area contributed by atoms with Gasteiger partial charge in [-0.1, -0.05) is 12.1 Å². The molecule has 6 nitrogen and oxygen atoms in total. The molecular formula is C17H14N2O4. The average molecular weight is 310 g/mol. The third-order valence-corrected chi connectivity index (χ3v) is 3.71. The van der Waals surface area contributed by atoms with E-state index in [1.54, 1.807) is 36.4 Å². The highest BCUT2D eigenvalue weighted by Gasteiger charge is 2.36. The summed E-state index contributed by atoms with van der Waals surface area (Å²) in [5.74, 6) is -0.803. The van der Waals surface area contributed by atoms with Gasteiger partial charge in [0.15, 0.2) is 0 Å². The van der Waals surface area contributed by atoms with E-state index in [1.165, 1.54) is 20.2 Å². The molecule has 23 heavy (non-hydrogen) atoms. The van der Waals surface area contributed by atoms with E-state index in [0.717, 1.165) is 4.90 Å². The standard InChI is InChI=1S/C17H14N2O4/c1-18-15(20)13-9-10(7-8-14(13)23-2)19-16(21)11-5-3-4-6-12(11)17(19)22/h3-9H,1-2H3,(H,18,20). The number of carbonyl (C=O) groups excluding carboxylic acids is 3. The molecule has 1 aliphatic heterocycles. The Morgan fingerprint density at radius 1 is 1.04 bits per heavy atom. The first-order valence-corrected chi connectivity index (χ1v) is 6.96. The lowest BCUT2D eigenvalue weighted by molar-refractivity contribution is 0.0920. The molecular weight excluding hydrogens is 296 g/mol. The summed E-state index contributed by atoms with van der Waals surface area (Å²) in [6.45, 7) is 0. The lowest BCUT2D eigenvalue weighted by Crippen LogP contribution is -2.30. The van der Waals surface area contributed by atoms with Gasteiger partial charge >= 0.3 is 0 Å². The number of rotatable bonds is 3. The number of carbonyl (C=O) groups is 3. The van der Waals surface area contributed by atoms with Crippen molar-refractivity contribution in [3.05, 3.63) is 59.2 Å². The number of anilines is 1. The van der Waals surface area contributed by atoms with Crippen molar-refractivity contribution in [2.75, 3.05) is 19.1 Å². The van der Waals surface area contributed by atoms with Crippen LogP contribution in [0.5, 0.6) is 5.75 Å². The predicted octanol–water partition coefficient (Wildman–Crippen LogP) is 1.86. The number of amides is 3. The lowest BCUT2D eigenvalue weighted by Gasteiger charge is -2.16. The van der Waals surface area contributed by atoms with Gasteiger partial charge in [0.1, 0.15) is 5.75 Å². The zero-order valence-electron chi connectivity index (χ0n) is 12.6. The van der Waals surface area contributed by atoms with Gasteiger partial charge in [0, 0.05) is 7.05 Å². The molecule has 3 rings (SSSR count). The van der Waals surface area contributed by atoms with Gasteiger partial charge in [-0.15, -0.1) is 0 Å². The monoisotopic (exact) mass is 310 g/mol. The second-order valence-electron chi connectivity index (χ2n) is 4.96. The molecule has 0 radical (unpaired) electrons. The highest BCUT2D eigenvalue weighted by atomic mass is 16.5. The van der Waals surface area contributed by atoms with Crippen LogP contribution in [0, 0.1) is 0 Å². The Kier molecular flexibility index (Phi) is 3.57. The summed E-state index contributed by atoms with van der Waals surface area (Å²) in [7, 11) is 2.94. The summed E-state index contributed by atoms with van der Waals surface area (Å²) in [5, 5.41) is 2.51. The zero-order chi connectivity index (χ0) is 16.6. The Morgan fingerprint density at radius 2 is 1.65 bits per heavy atom. The Hall–Kier alpha value is -3.15. The van der Waals surface area contributed by atoms with Crippen LogP contribution in [-0.2, 0) is 0 Å². The Labute approximate surface area is 132 Å². The van der Waals surface area contributed by atoms with Crippen molar-refractivity contribution in [1.29, 1.82) is 0 Å². The first-order valence-electron chi connectivity index (χ1n) is 6.96. The minimum Gasteiger partial charge on any atom is -0.496 e. The summed E-state index contributed by atoms with van der Waals surface area (Å²) in [6, 6.07) is 11.2. The largest absolute Gasteiger partial charge is 0.496 e. The molecule has 0 spiro atoms. The number of methoxy groups -OCH3 is 1. The fraction of sp³-hybridized carbons (Fsp3) is 0.118. The van der Waals surface area contributed by atoms with E-state index >= 15 is 0 Å². The molecule has 0 fully saturated rings. The second kappa shape index (κ2) is 5.57. The van der Waals surface area contributed by atoms with Crippen molar-refractivity contribution < 1.29 is 19.1 Å². The first-order chi connectivity index (χ1) is 11.1. The summed E-state index contributed by atoms with van der Waals surface area (Å²) < 4.78 is 5.15. The van der Waals surface area contributed by atoms with Crippen LogP contribution in [0.2, 0.25) is 0 Å². The van der Waals surface area contributed by atoms with Gasteiger partial charge in [0.05, 0.1) is 29.5 Å². The van der Waals surface area contributed by atoms with E-state index in [9.17, 15) is 14.4 Å². The van der Waals surface area contributed by atoms with Gasteiger partial charge in [0.25, 0.3) is 17.7 Å². The Morgan fingerprint density at radius 3 is 2.17 bits per heavy atom. The number of benzene rings is 2. The third kappa shape index (κ3) is 2.24. The third-order valence-electron chi connectivity index (χ3n) is 3.71. The van der Waals surface area contributed by atoms with Crippen molar-refractivity contribution in [2.45, 2.75) is 0 Å². The molecule has 1 heterocycles. The van der Waals surface area contributed by atoms with Crippen molar-refractivity contribution in [3.63, 3.8) is 0 Å². The van der Waals surface area contributed by atoms with Crippen LogP contribution in [0.4, 0.5) is 5.69 Å². The van der Waals surface area contributed by atoms with E-state index in [4.69, 9.17) is 4.74 Å². The number of imide groups is 1. The average Bonchev–Trinajstić information content (AvgIpc) is 2.85. The van der Waals surface area contributed by atoms with Crippen molar-refractivity contribution in [2.24, 2.45) is 0 Å². The van der Waals surface area contributed by atoms with Gasteiger partial charge in [-0.3, -0.25) is 14.4 Å². The van der Waals surface area contributed by atoms with Crippen molar-refractivity contribution >= 4 is 23.4 Å². The quantitative estimate of drug-likeness (QED) is 0.878. The molecule has 0 atom stereocenters. The van der Waals surface area contributed by atoms with Gasteiger partial charge in [-0.05, 0) is 30.3 Å². The van der Waals surface area contributed by atoms with Crippen LogP contribution in [0.1, 0.15) is 31.1 Å². The van der Waals surface area contributed by atoms with Crippen LogP contribution in [0.25, 0.3) is 0 Å². The molecule has 0 unspecified atom stereocenters. The fourth-order valence-electron chi connectivity index (χ4n) is 2.57. The Balaban J connectivity index is 2.09. The molecule has 0 aromatic heterocycles. The molecule has 0 saturated carbocycles. The SMILES string of the molecule is CNC(=O)c1cc(N2C(=O)c3ccccc3C2=O)ccc1OC. The van der Waals surface area contributed by atoms with E-state index in [0.29, 0.717) is 22.6 Å². The minimum absolute atomic E-state index is 0.254. The molecule has 0 aliphatic carbocycles. The van der Waals surface area contributed by atoms with Crippen LogP contribution in [-0.4, -0.2) is 31.9 Å². The summed E-state index contributed by atoms with van der Waals surface area (Å²) in [6.07, 6.45) is 0. The summed E-state index contributed by atoms with van der Waals surface area (Å²) >= 11 is 0. The maximum absolute atomic E-state index is 12.5. The van der Waals surface area contributed by atoms with Crippen LogP contribution in [0.3, 0.4) is 0 Å². The maximum atomic E-state index is 12.5. The fourth-order valence-corrected chi connectivity index (χ4v) is 2.57. The Bertz CT molecular complexity index is 794. The zero-order valence-corrected chi connectivity index (χ0v) is 12.6. The number of hydrogen-bond donors (Lipinski definition) is 1. The van der Waals surface area contributed by atoms with Gasteiger partial charge in [0.2, 0.25) is 0 Å². The number of nitrogens with one attached hydrogen (secondary N) is 1. The van der Waals surface area contributed by atoms with E-state index in [1.807, 2.05) is 0 Å². The maximum Gasteiger partial charge on any atom is 0.266 e. The van der Waals surface area contributed by atoms with E-state index in [-0.39, 0.29) is 11.5 Å². The molecule has 1 N–H and O–H groups in total. The number of nitrogens with zero attached hydrogens (tertiary/aromatic N) is 1. The van der Waals surface area contributed by atoms with Gasteiger partial charge in [-0.2, -0.15) is 0 Å². The molecule has 1 aliphatic rings. The van der Waals surface area contributed by atoms with Crippen LogP contribution in [0.15, 0.2) is 42.5 Å². The molecule has 2 aromatic rings. The summed E-state index contributed by atoms with van der Waals surface area (Å²) in [5.41, 5.74) is 1.30. The van der Waals surface area contributed by atoms with Crippen molar-refractivity contribution in [3.8, 4) is 5.75 Å². The second-order valence-corrected chi connectivity index (χ2v) is 4.96. The number of fused-ring (bicyclic) bond motifs is 1. The van der Waals surface area contributed by atoms with Gasteiger partial charge in [-0.25, -0.2) is 4.90 Å².